The molecule has 0 aliphatic heterocycles. The van der Waals surface area contributed by atoms with Gasteiger partial charge in [0.1, 0.15) is 6.10 Å². The summed E-state index contributed by atoms with van der Waals surface area (Å²) >= 11 is 1.19. The number of hydrogen-bond acceptors (Lipinski definition) is 5. The van der Waals surface area contributed by atoms with E-state index < -0.39 is 12.1 Å². The van der Waals surface area contributed by atoms with Gasteiger partial charge >= 0.3 is 5.97 Å². The third kappa shape index (κ3) is 4.49. The van der Waals surface area contributed by atoms with Crippen LogP contribution in [0.25, 0.3) is 0 Å². The predicted octanol–water partition coefficient (Wildman–Crippen LogP) is 1.13. The monoisotopic (exact) mass is 258 g/mol. The zero-order valence-corrected chi connectivity index (χ0v) is 10.4. The predicted molar refractivity (Wildman–Crippen MR) is 63.2 cm³/mol. The molecule has 0 aromatic carbocycles. The van der Waals surface area contributed by atoms with Crippen molar-refractivity contribution in [2.24, 2.45) is 0 Å². The van der Waals surface area contributed by atoms with E-state index in [1.54, 1.807) is 19.2 Å². The minimum atomic E-state index is -0.948. The van der Waals surface area contributed by atoms with Crippen LogP contribution >= 0.6 is 11.3 Å². The molecule has 0 saturated carbocycles. The van der Waals surface area contributed by atoms with E-state index in [1.165, 1.54) is 11.3 Å². The highest BCUT2D eigenvalue weighted by molar-refractivity contribution is 7.13. The molecule has 1 aromatic heterocycles. The Bertz CT molecular complexity index is 405. The number of carboxylic acids is 1. The van der Waals surface area contributed by atoms with Crippen molar-refractivity contribution in [3.63, 3.8) is 0 Å². The molecule has 1 aromatic rings. The normalized spacial score (nSPS) is 12.1. The number of nitrogens with one attached hydrogen (secondary N) is 1. The number of aromatic nitrogens is 1. The maximum Gasteiger partial charge on any atom is 0.309 e. The third-order valence-corrected chi connectivity index (χ3v) is 2.71. The first kappa shape index (κ1) is 13.6. The van der Waals surface area contributed by atoms with Gasteiger partial charge in [0.05, 0.1) is 12.1 Å². The molecule has 1 rings (SSSR count). The number of ether oxygens (including phenoxy) is 1. The van der Waals surface area contributed by atoms with E-state index in [9.17, 15) is 9.59 Å². The molecule has 0 radical (unpaired) electrons. The Balaban J connectivity index is 2.54. The van der Waals surface area contributed by atoms with Crippen molar-refractivity contribution < 1.29 is 19.4 Å². The molecule has 0 bridgehead atoms. The van der Waals surface area contributed by atoms with Crippen LogP contribution in [0.4, 0.5) is 5.13 Å². The largest absolute Gasteiger partial charge is 0.481 e. The second-order valence-electron chi connectivity index (χ2n) is 3.30. The summed E-state index contributed by atoms with van der Waals surface area (Å²) in [6.07, 6.45) is -0.695. The number of thiazole rings is 1. The van der Waals surface area contributed by atoms with E-state index in [0.29, 0.717) is 17.4 Å². The van der Waals surface area contributed by atoms with Crippen LogP contribution in [0, 0.1) is 0 Å². The molecule has 17 heavy (non-hydrogen) atoms. The standard InChI is InChI=1S/C10H14N2O4S/c1-3-16-6(2)9(15)12-10-11-7(5-17-10)4-8(13)14/h5-6H,3-4H2,1-2H3,(H,13,14)(H,11,12,15). The van der Waals surface area contributed by atoms with Gasteiger partial charge in [0, 0.05) is 12.0 Å². The van der Waals surface area contributed by atoms with Crippen molar-refractivity contribution in [2.45, 2.75) is 26.4 Å². The molecular weight excluding hydrogens is 244 g/mol. The van der Waals surface area contributed by atoms with Crippen molar-refractivity contribution in [1.82, 2.24) is 4.98 Å². The van der Waals surface area contributed by atoms with Gasteiger partial charge in [0.15, 0.2) is 5.13 Å². The fraction of sp³-hybridized carbons (Fsp3) is 0.500. The number of nitrogens with zero attached hydrogens (tertiary/aromatic N) is 1. The van der Waals surface area contributed by atoms with Gasteiger partial charge in [-0.25, -0.2) is 4.98 Å². The van der Waals surface area contributed by atoms with Gasteiger partial charge in [-0.3, -0.25) is 14.9 Å². The van der Waals surface area contributed by atoms with Crippen LogP contribution in [0.2, 0.25) is 0 Å². The summed E-state index contributed by atoms with van der Waals surface area (Å²) in [5.41, 5.74) is 0.432. The van der Waals surface area contributed by atoms with E-state index in [4.69, 9.17) is 9.84 Å². The summed E-state index contributed by atoms with van der Waals surface area (Å²) in [4.78, 5) is 26.0. The number of carbonyl (C=O) groups is 2. The summed E-state index contributed by atoms with van der Waals surface area (Å²) in [6.45, 7) is 3.90. The lowest BCUT2D eigenvalue weighted by atomic mass is 10.3. The van der Waals surface area contributed by atoms with Crippen LogP contribution in [-0.2, 0) is 20.7 Å². The van der Waals surface area contributed by atoms with E-state index in [0.717, 1.165) is 0 Å². The molecule has 0 saturated heterocycles. The highest BCUT2D eigenvalue weighted by Gasteiger charge is 2.14. The molecule has 0 aliphatic rings. The van der Waals surface area contributed by atoms with E-state index in [-0.39, 0.29) is 12.3 Å². The Hall–Kier alpha value is -1.47. The molecule has 1 atom stereocenters. The van der Waals surface area contributed by atoms with Crippen molar-refractivity contribution >= 4 is 28.3 Å². The Labute approximate surface area is 103 Å². The fourth-order valence-electron chi connectivity index (χ4n) is 1.13. The van der Waals surface area contributed by atoms with Crippen LogP contribution in [0.3, 0.4) is 0 Å². The van der Waals surface area contributed by atoms with E-state index in [1.807, 2.05) is 0 Å². The van der Waals surface area contributed by atoms with Gasteiger partial charge in [-0.2, -0.15) is 0 Å². The van der Waals surface area contributed by atoms with Crippen molar-refractivity contribution in [3.8, 4) is 0 Å². The first-order chi connectivity index (χ1) is 8.02. The fourth-order valence-corrected chi connectivity index (χ4v) is 1.85. The molecule has 1 amide bonds. The summed E-state index contributed by atoms with van der Waals surface area (Å²) in [5, 5.41) is 13.1. The number of rotatable bonds is 6. The maximum absolute atomic E-state index is 11.5. The van der Waals surface area contributed by atoms with Crippen LogP contribution < -0.4 is 5.32 Å². The SMILES string of the molecule is CCOC(C)C(=O)Nc1nc(CC(=O)O)cs1. The highest BCUT2D eigenvalue weighted by Crippen LogP contribution is 2.16. The summed E-state index contributed by atoms with van der Waals surface area (Å²) in [7, 11) is 0. The summed E-state index contributed by atoms with van der Waals surface area (Å²) in [6, 6.07) is 0. The minimum absolute atomic E-state index is 0.145. The number of carboxylic acid groups (broad SMARTS) is 1. The van der Waals surface area contributed by atoms with Gasteiger partial charge in [-0.05, 0) is 13.8 Å². The molecule has 94 valence electrons. The number of aliphatic carboxylic acids is 1. The first-order valence-electron chi connectivity index (χ1n) is 5.11. The molecule has 6 nitrogen and oxygen atoms in total. The van der Waals surface area contributed by atoms with Crippen molar-refractivity contribution in [2.75, 3.05) is 11.9 Å². The molecule has 7 heteroatoms. The molecule has 0 aliphatic carbocycles. The van der Waals surface area contributed by atoms with Crippen LogP contribution in [0.15, 0.2) is 5.38 Å². The quantitative estimate of drug-likeness (QED) is 0.798. The van der Waals surface area contributed by atoms with Crippen LogP contribution in [0.1, 0.15) is 19.5 Å². The molecule has 1 unspecified atom stereocenters. The van der Waals surface area contributed by atoms with Gasteiger partial charge in [-0.1, -0.05) is 0 Å². The molecular formula is C10H14N2O4S. The summed E-state index contributed by atoms with van der Waals surface area (Å²) < 4.78 is 5.12. The van der Waals surface area contributed by atoms with Crippen molar-refractivity contribution in [1.29, 1.82) is 0 Å². The smallest absolute Gasteiger partial charge is 0.309 e. The number of hydrogen-bond donors (Lipinski definition) is 2. The number of amides is 1. The zero-order valence-electron chi connectivity index (χ0n) is 9.60. The Morgan fingerprint density at radius 3 is 2.94 bits per heavy atom. The minimum Gasteiger partial charge on any atom is -0.481 e. The van der Waals surface area contributed by atoms with E-state index in [2.05, 4.69) is 10.3 Å². The Morgan fingerprint density at radius 2 is 2.35 bits per heavy atom. The van der Waals surface area contributed by atoms with Gasteiger partial charge in [0.2, 0.25) is 0 Å². The van der Waals surface area contributed by atoms with E-state index >= 15 is 0 Å². The lowest BCUT2D eigenvalue weighted by molar-refractivity contribution is -0.136. The molecule has 0 spiro atoms. The van der Waals surface area contributed by atoms with Gasteiger partial charge < -0.3 is 9.84 Å². The van der Waals surface area contributed by atoms with Crippen LogP contribution in [0.5, 0.6) is 0 Å². The Morgan fingerprint density at radius 1 is 1.65 bits per heavy atom. The maximum atomic E-state index is 11.5. The number of carbonyl (C=O) groups excluding carboxylic acids is 1. The third-order valence-electron chi connectivity index (χ3n) is 1.90. The molecule has 0 fully saturated rings. The second kappa shape index (κ2) is 6.31. The second-order valence-corrected chi connectivity index (χ2v) is 4.16. The Kier molecular flexibility index (Phi) is 5.05. The number of anilines is 1. The van der Waals surface area contributed by atoms with Gasteiger partial charge in [-0.15, -0.1) is 11.3 Å². The molecule has 2 N–H and O–H groups in total. The highest BCUT2D eigenvalue weighted by atomic mass is 32.1. The summed E-state index contributed by atoms with van der Waals surface area (Å²) in [5.74, 6) is -1.24. The topological polar surface area (TPSA) is 88.5 Å². The lowest BCUT2D eigenvalue weighted by Gasteiger charge is -2.09. The van der Waals surface area contributed by atoms with Crippen molar-refractivity contribution in [3.05, 3.63) is 11.1 Å². The zero-order chi connectivity index (χ0) is 12.8. The molecule has 1 heterocycles. The average molecular weight is 258 g/mol. The lowest BCUT2D eigenvalue weighted by Crippen LogP contribution is -2.27. The van der Waals surface area contributed by atoms with Gasteiger partial charge in [0.25, 0.3) is 5.91 Å². The van der Waals surface area contributed by atoms with Crippen LogP contribution in [-0.4, -0.2) is 34.7 Å². The first-order valence-corrected chi connectivity index (χ1v) is 5.99. The average Bonchev–Trinajstić information content (AvgIpc) is 2.64.